The Bertz CT molecular complexity index is 564. The van der Waals surface area contributed by atoms with Crippen LogP contribution < -0.4 is 10.2 Å². The largest absolute Gasteiger partial charge is 0.363 e. The molecular formula is C16H19BrN2S. The second kappa shape index (κ2) is 6.29. The Morgan fingerprint density at radius 2 is 2.20 bits per heavy atom. The summed E-state index contributed by atoms with van der Waals surface area (Å²) in [5.74, 6) is 0. The van der Waals surface area contributed by atoms with E-state index in [0.717, 1.165) is 19.1 Å². The van der Waals surface area contributed by atoms with E-state index in [0.29, 0.717) is 0 Å². The van der Waals surface area contributed by atoms with E-state index in [1.54, 1.807) is 0 Å². The third-order valence-electron chi connectivity index (χ3n) is 3.63. The van der Waals surface area contributed by atoms with E-state index in [9.17, 15) is 0 Å². The zero-order chi connectivity index (χ0) is 13.9. The normalized spacial score (nSPS) is 14.5. The van der Waals surface area contributed by atoms with Gasteiger partial charge in [0.1, 0.15) is 0 Å². The molecule has 4 heteroatoms. The summed E-state index contributed by atoms with van der Waals surface area (Å²) < 4.78 is 1.20. The van der Waals surface area contributed by atoms with Crippen molar-refractivity contribution in [2.24, 2.45) is 0 Å². The molecule has 0 atom stereocenters. The van der Waals surface area contributed by atoms with Crippen molar-refractivity contribution in [3.05, 3.63) is 50.6 Å². The Balaban J connectivity index is 1.82. The second-order valence-corrected chi connectivity index (χ2v) is 7.13. The number of rotatable bonds is 6. The standard InChI is InChI=1S/C16H19BrN2S/c1-18-10-12-4-5-14(9-16(12)17)19(13-6-7-13)11-15-3-2-8-20-15/h2-5,8-9,13,18H,6-7,10-11H2,1H3. The van der Waals surface area contributed by atoms with Crippen molar-refractivity contribution in [2.75, 3.05) is 11.9 Å². The Kier molecular flexibility index (Phi) is 4.44. The summed E-state index contributed by atoms with van der Waals surface area (Å²) in [5, 5.41) is 5.36. The Morgan fingerprint density at radius 3 is 2.80 bits per heavy atom. The minimum atomic E-state index is 0.721. The molecule has 2 aromatic rings. The van der Waals surface area contributed by atoms with Crippen LogP contribution in [-0.2, 0) is 13.1 Å². The van der Waals surface area contributed by atoms with Gasteiger partial charge >= 0.3 is 0 Å². The van der Waals surface area contributed by atoms with Crippen molar-refractivity contribution in [1.82, 2.24) is 5.32 Å². The lowest BCUT2D eigenvalue weighted by Crippen LogP contribution is -2.24. The van der Waals surface area contributed by atoms with Gasteiger partial charge in [-0.25, -0.2) is 0 Å². The molecule has 2 nitrogen and oxygen atoms in total. The first-order valence-corrected chi connectivity index (χ1v) is 8.67. The lowest BCUT2D eigenvalue weighted by Gasteiger charge is -2.25. The number of halogens is 1. The van der Waals surface area contributed by atoms with Gasteiger partial charge in [-0.1, -0.05) is 28.1 Å². The minimum absolute atomic E-state index is 0.721. The summed E-state index contributed by atoms with van der Waals surface area (Å²) in [7, 11) is 1.98. The number of nitrogens with zero attached hydrogens (tertiary/aromatic N) is 1. The highest BCUT2D eigenvalue weighted by molar-refractivity contribution is 9.10. The number of thiophene rings is 1. The van der Waals surface area contributed by atoms with E-state index in [2.05, 4.69) is 61.9 Å². The van der Waals surface area contributed by atoms with Crippen LogP contribution in [0.4, 0.5) is 5.69 Å². The SMILES string of the molecule is CNCc1ccc(N(Cc2cccs2)C2CC2)cc1Br. The molecule has 1 saturated carbocycles. The topological polar surface area (TPSA) is 15.3 Å². The van der Waals surface area contributed by atoms with E-state index in [1.807, 2.05) is 18.4 Å². The predicted octanol–water partition coefficient (Wildman–Crippen LogP) is 4.40. The molecule has 1 N–H and O–H groups in total. The third-order valence-corrected chi connectivity index (χ3v) is 5.23. The first-order valence-electron chi connectivity index (χ1n) is 7.00. The van der Waals surface area contributed by atoms with Gasteiger partial charge in [0.25, 0.3) is 0 Å². The van der Waals surface area contributed by atoms with Crippen LogP contribution >= 0.6 is 27.3 Å². The van der Waals surface area contributed by atoms with Crippen molar-refractivity contribution in [2.45, 2.75) is 32.0 Å². The van der Waals surface area contributed by atoms with Crippen LogP contribution in [0.5, 0.6) is 0 Å². The highest BCUT2D eigenvalue weighted by Gasteiger charge is 2.29. The molecule has 0 bridgehead atoms. The molecule has 1 aliphatic rings. The fourth-order valence-electron chi connectivity index (χ4n) is 2.44. The molecule has 3 rings (SSSR count). The molecule has 1 heterocycles. The van der Waals surface area contributed by atoms with E-state index in [4.69, 9.17) is 0 Å². The monoisotopic (exact) mass is 350 g/mol. The maximum Gasteiger partial charge on any atom is 0.0525 e. The number of nitrogens with one attached hydrogen (secondary N) is 1. The molecule has 0 aliphatic heterocycles. The van der Waals surface area contributed by atoms with Gasteiger partial charge in [-0.3, -0.25) is 0 Å². The van der Waals surface area contributed by atoms with Crippen molar-refractivity contribution in [3.63, 3.8) is 0 Å². The summed E-state index contributed by atoms with van der Waals surface area (Å²) in [6.45, 7) is 1.93. The van der Waals surface area contributed by atoms with Crippen LogP contribution in [0.2, 0.25) is 0 Å². The molecule has 0 amide bonds. The molecule has 0 unspecified atom stereocenters. The minimum Gasteiger partial charge on any atom is -0.363 e. The maximum absolute atomic E-state index is 3.70. The number of benzene rings is 1. The average molecular weight is 351 g/mol. The zero-order valence-corrected chi connectivity index (χ0v) is 14.0. The molecule has 106 valence electrons. The van der Waals surface area contributed by atoms with Gasteiger partial charge in [0, 0.05) is 27.6 Å². The molecule has 1 fully saturated rings. The van der Waals surface area contributed by atoms with Crippen molar-refractivity contribution >= 4 is 33.0 Å². The molecule has 0 spiro atoms. The molecule has 1 aromatic heterocycles. The van der Waals surface area contributed by atoms with Gasteiger partial charge in [0.2, 0.25) is 0 Å². The fourth-order valence-corrected chi connectivity index (χ4v) is 3.65. The van der Waals surface area contributed by atoms with Crippen molar-refractivity contribution in [3.8, 4) is 0 Å². The van der Waals surface area contributed by atoms with Crippen LogP contribution in [0.3, 0.4) is 0 Å². The van der Waals surface area contributed by atoms with Gasteiger partial charge in [0.05, 0.1) is 6.54 Å². The van der Waals surface area contributed by atoms with Gasteiger partial charge in [-0.05, 0) is 49.0 Å². The predicted molar refractivity (Wildman–Crippen MR) is 90.4 cm³/mol. The van der Waals surface area contributed by atoms with E-state index in [-0.39, 0.29) is 0 Å². The zero-order valence-electron chi connectivity index (χ0n) is 11.6. The summed E-state index contributed by atoms with van der Waals surface area (Å²) in [6, 6.07) is 11.8. The molecule has 1 aliphatic carbocycles. The maximum atomic E-state index is 3.70. The van der Waals surface area contributed by atoms with Gasteiger partial charge < -0.3 is 10.2 Å². The Labute approximate surface area is 132 Å². The number of hydrogen-bond donors (Lipinski definition) is 1. The fraction of sp³-hybridized carbons (Fsp3) is 0.375. The summed E-state index contributed by atoms with van der Waals surface area (Å²) in [5.41, 5.74) is 2.63. The van der Waals surface area contributed by atoms with Crippen LogP contribution in [0.25, 0.3) is 0 Å². The van der Waals surface area contributed by atoms with Crippen LogP contribution in [0, 0.1) is 0 Å². The summed E-state index contributed by atoms with van der Waals surface area (Å²) >= 11 is 5.54. The van der Waals surface area contributed by atoms with E-state index >= 15 is 0 Å². The molecule has 1 aromatic carbocycles. The van der Waals surface area contributed by atoms with Crippen molar-refractivity contribution < 1.29 is 0 Å². The Morgan fingerprint density at radius 1 is 1.35 bits per heavy atom. The number of anilines is 1. The second-order valence-electron chi connectivity index (χ2n) is 5.24. The molecule has 0 saturated heterocycles. The smallest absolute Gasteiger partial charge is 0.0525 e. The number of hydrogen-bond acceptors (Lipinski definition) is 3. The van der Waals surface area contributed by atoms with E-state index in [1.165, 1.54) is 33.4 Å². The quantitative estimate of drug-likeness (QED) is 0.830. The molecule has 20 heavy (non-hydrogen) atoms. The lowest BCUT2D eigenvalue weighted by molar-refractivity contribution is 0.796. The summed E-state index contributed by atoms with van der Waals surface area (Å²) in [4.78, 5) is 3.98. The average Bonchev–Trinajstić information content (AvgIpc) is 3.15. The first kappa shape index (κ1) is 14.1. The Hall–Kier alpha value is -0.840. The van der Waals surface area contributed by atoms with Crippen LogP contribution in [0.1, 0.15) is 23.3 Å². The third kappa shape index (κ3) is 3.25. The van der Waals surface area contributed by atoms with Gasteiger partial charge in [-0.15, -0.1) is 11.3 Å². The van der Waals surface area contributed by atoms with Crippen molar-refractivity contribution in [1.29, 1.82) is 0 Å². The summed E-state index contributed by atoms with van der Waals surface area (Å²) in [6.07, 6.45) is 2.64. The first-order chi connectivity index (χ1) is 9.78. The molecular weight excluding hydrogens is 332 g/mol. The van der Waals surface area contributed by atoms with Gasteiger partial charge in [0.15, 0.2) is 0 Å². The molecule has 0 radical (unpaired) electrons. The van der Waals surface area contributed by atoms with Gasteiger partial charge in [-0.2, -0.15) is 0 Å². The highest BCUT2D eigenvalue weighted by atomic mass is 79.9. The van der Waals surface area contributed by atoms with E-state index < -0.39 is 0 Å². The highest BCUT2D eigenvalue weighted by Crippen LogP contribution is 2.35. The van der Waals surface area contributed by atoms with Crippen LogP contribution in [-0.4, -0.2) is 13.1 Å². The van der Waals surface area contributed by atoms with Crippen LogP contribution in [0.15, 0.2) is 40.2 Å². The lowest BCUT2D eigenvalue weighted by atomic mass is 10.2.